The van der Waals surface area contributed by atoms with E-state index in [0.717, 1.165) is 15.4 Å². The number of benzene rings is 2. The Morgan fingerprint density at radius 2 is 1.50 bits per heavy atom. The molecule has 0 aromatic heterocycles. The van der Waals surface area contributed by atoms with Crippen LogP contribution in [0.2, 0.25) is 0 Å². The maximum atomic E-state index is 13.3. The van der Waals surface area contributed by atoms with Gasteiger partial charge in [-0.3, -0.25) is 4.79 Å². The summed E-state index contributed by atoms with van der Waals surface area (Å²) >= 11 is 2.05. The second-order valence-corrected chi connectivity index (χ2v) is 8.86. The van der Waals surface area contributed by atoms with Gasteiger partial charge >= 0.3 is 0 Å². The van der Waals surface area contributed by atoms with E-state index in [0.29, 0.717) is 20.4 Å². The van der Waals surface area contributed by atoms with Gasteiger partial charge in [0.25, 0.3) is 10.0 Å². The Morgan fingerprint density at radius 3 is 2.00 bits per heavy atom. The maximum Gasteiger partial charge on any atom is 0.271 e. The lowest BCUT2D eigenvalue weighted by Crippen LogP contribution is -2.36. The Morgan fingerprint density at radius 1 is 0.958 bits per heavy atom. The number of hydrogen-bond acceptors (Lipinski definition) is 3. The van der Waals surface area contributed by atoms with Gasteiger partial charge in [0.15, 0.2) is 0 Å². The molecule has 0 unspecified atom stereocenters. The number of hydrogen-bond donors (Lipinski definition) is 0. The first-order valence-corrected chi connectivity index (χ1v) is 9.97. The van der Waals surface area contributed by atoms with Crippen LogP contribution in [0.1, 0.15) is 29.2 Å². The van der Waals surface area contributed by atoms with E-state index in [9.17, 15) is 13.2 Å². The van der Waals surface area contributed by atoms with Gasteiger partial charge in [0.1, 0.15) is 0 Å². The zero-order chi connectivity index (χ0) is 18.2. The standard InChI is InChI=1S/C18H20INO3S/c1-11-6-7-16(19)17(10-11)20(15(5)21)24(22,23)18-13(3)8-12(2)9-14(18)4/h6-10H,1-5H3. The predicted octanol–water partition coefficient (Wildman–Crippen LogP) is 4.27. The molecule has 0 saturated carbocycles. The Labute approximate surface area is 157 Å². The molecule has 6 heteroatoms. The van der Waals surface area contributed by atoms with Crippen molar-refractivity contribution < 1.29 is 13.2 Å². The third kappa shape index (κ3) is 3.49. The Bertz CT molecular complexity index is 897. The molecule has 2 rings (SSSR count). The van der Waals surface area contributed by atoms with E-state index in [1.165, 1.54) is 6.92 Å². The van der Waals surface area contributed by atoms with Crippen LogP contribution in [0.15, 0.2) is 35.2 Å². The summed E-state index contributed by atoms with van der Waals surface area (Å²) in [6.07, 6.45) is 0. The van der Waals surface area contributed by atoms with E-state index in [4.69, 9.17) is 0 Å². The molecule has 0 aliphatic heterocycles. The van der Waals surface area contributed by atoms with E-state index >= 15 is 0 Å². The molecule has 0 aliphatic carbocycles. The number of halogens is 1. The van der Waals surface area contributed by atoms with Gasteiger partial charge in [-0.05, 0) is 79.1 Å². The van der Waals surface area contributed by atoms with Crippen LogP contribution in [0.5, 0.6) is 0 Å². The Kier molecular flexibility index (Phi) is 5.39. The van der Waals surface area contributed by atoms with E-state index in [-0.39, 0.29) is 4.90 Å². The van der Waals surface area contributed by atoms with E-state index in [1.807, 2.05) is 60.7 Å². The highest BCUT2D eigenvalue weighted by atomic mass is 127. The van der Waals surface area contributed by atoms with Crippen LogP contribution in [-0.2, 0) is 14.8 Å². The van der Waals surface area contributed by atoms with Gasteiger partial charge in [-0.1, -0.05) is 23.8 Å². The van der Waals surface area contributed by atoms with Crippen LogP contribution in [0.3, 0.4) is 0 Å². The molecule has 0 radical (unpaired) electrons. The van der Waals surface area contributed by atoms with Crippen molar-refractivity contribution in [1.29, 1.82) is 0 Å². The number of anilines is 1. The minimum Gasteiger partial charge on any atom is -0.274 e. The molecule has 2 aromatic carbocycles. The fourth-order valence-corrected chi connectivity index (χ4v) is 5.51. The molecule has 2 aromatic rings. The Hall–Kier alpha value is -1.41. The number of aryl methyl sites for hydroxylation is 4. The van der Waals surface area contributed by atoms with Gasteiger partial charge in [-0.25, -0.2) is 12.7 Å². The molecule has 0 N–H and O–H groups in total. The first kappa shape index (κ1) is 18.9. The lowest BCUT2D eigenvalue weighted by Gasteiger charge is -2.24. The molecule has 1 amide bonds. The molecular formula is C18H20INO3S. The maximum absolute atomic E-state index is 13.3. The monoisotopic (exact) mass is 457 g/mol. The van der Waals surface area contributed by atoms with E-state index in [1.54, 1.807) is 19.9 Å². The van der Waals surface area contributed by atoms with Gasteiger partial charge < -0.3 is 0 Å². The van der Waals surface area contributed by atoms with Crippen LogP contribution in [0.4, 0.5) is 5.69 Å². The fraction of sp³-hybridized carbons (Fsp3) is 0.278. The van der Waals surface area contributed by atoms with Gasteiger partial charge in [0.2, 0.25) is 5.91 Å². The van der Waals surface area contributed by atoms with Gasteiger partial charge in [-0.2, -0.15) is 0 Å². The highest BCUT2D eigenvalue weighted by molar-refractivity contribution is 14.1. The third-order valence-electron chi connectivity index (χ3n) is 3.71. The van der Waals surface area contributed by atoms with Gasteiger partial charge in [0, 0.05) is 10.5 Å². The highest BCUT2D eigenvalue weighted by Gasteiger charge is 2.32. The summed E-state index contributed by atoms with van der Waals surface area (Å²) in [5.41, 5.74) is 3.55. The lowest BCUT2D eigenvalue weighted by atomic mass is 10.1. The van der Waals surface area contributed by atoms with Crippen molar-refractivity contribution in [3.05, 3.63) is 56.2 Å². The zero-order valence-corrected chi connectivity index (χ0v) is 17.3. The zero-order valence-electron chi connectivity index (χ0n) is 14.3. The van der Waals surface area contributed by atoms with Crippen LogP contribution in [-0.4, -0.2) is 14.3 Å². The van der Waals surface area contributed by atoms with Crippen molar-refractivity contribution in [2.75, 3.05) is 4.31 Å². The predicted molar refractivity (Wildman–Crippen MR) is 105 cm³/mol. The molecule has 0 fully saturated rings. The molecule has 0 aliphatic rings. The molecule has 4 nitrogen and oxygen atoms in total. The number of nitrogens with zero attached hydrogens (tertiary/aromatic N) is 1. The summed E-state index contributed by atoms with van der Waals surface area (Å²) in [5, 5.41) is 0. The summed E-state index contributed by atoms with van der Waals surface area (Å²) in [4.78, 5) is 12.5. The molecule has 0 spiro atoms. The normalized spacial score (nSPS) is 11.4. The van der Waals surface area contributed by atoms with Crippen LogP contribution < -0.4 is 4.31 Å². The quantitative estimate of drug-likeness (QED) is 0.648. The second kappa shape index (κ2) is 6.84. The van der Waals surface area contributed by atoms with Crippen molar-refractivity contribution in [2.45, 2.75) is 39.5 Å². The average molecular weight is 457 g/mol. The first-order chi connectivity index (χ1) is 11.1. The molecule has 128 valence electrons. The van der Waals surface area contributed by atoms with E-state index in [2.05, 4.69) is 0 Å². The minimum atomic E-state index is -3.99. The largest absolute Gasteiger partial charge is 0.274 e. The topological polar surface area (TPSA) is 54.5 Å². The first-order valence-electron chi connectivity index (χ1n) is 7.45. The summed E-state index contributed by atoms with van der Waals surface area (Å²) in [7, 11) is -3.99. The highest BCUT2D eigenvalue weighted by Crippen LogP contribution is 2.32. The molecule has 0 heterocycles. The van der Waals surface area contributed by atoms with E-state index < -0.39 is 15.9 Å². The third-order valence-corrected chi connectivity index (χ3v) is 6.72. The summed E-state index contributed by atoms with van der Waals surface area (Å²) in [6.45, 7) is 8.57. The van der Waals surface area contributed by atoms with Crippen LogP contribution in [0.25, 0.3) is 0 Å². The van der Waals surface area contributed by atoms with Crippen molar-refractivity contribution in [2.24, 2.45) is 0 Å². The second-order valence-electron chi connectivity index (χ2n) is 5.97. The molecule has 0 atom stereocenters. The summed E-state index contributed by atoms with van der Waals surface area (Å²) in [6, 6.07) is 9.06. The summed E-state index contributed by atoms with van der Waals surface area (Å²) < 4.78 is 28.2. The van der Waals surface area contributed by atoms with Gasteiger partial charge in [-0.15, -0.1) is 0 Å². The van der Waals surface area contributed by atoms with Crippen LogP contribution >= 0.6 is 22.6 Å². The smallest absolute Gasteiger partial charge is 0.271 e. The Balaban J connectivity index is 2.77. The van der Waals surface area contributed by atoms with Crippen molar-refractivity contribution in [3.63, 3.8) is 0 Å². The molecule has 0 saturated heterocycles. The van der Waals surface area contributed by atoms with Crippen molar-refractivity contribution >= 4 is 44.2 Å². The minimum absolute atomic E-state index is 0.195. The molecule has 24 heavy (non-hydrogen) atoms. The SMILES string of the molecule is CC(=O)N(c1cc(C)ccc1I)S(=O)(=O)c1c(C)cc(C)cc1C. The lowest BCUT2D eigenvalue weighted by molar-refractivity contribution is -0.115. The fourth-order valence-electron chi connectivity index (χ4n) is 2.91. The number of carbonyl (C=O) groups is 1. The average Bonchev–Trinajstić information content (AvgIpc) is 2.40. The molecular weight excluding hydrogens is 437 g/mol. The van der Waals surface area contributed by atoms with Gasteiger partial charge in [0.05, 0.1) is 10.6 Å². The van der Waals surface area contributed by atoms with Crippen LogP contribution in [0, 0.1) is 31.3 Å². The number of sulfonamides is 1. The summed E-state index contributed by atoms with van der Waals surface area (Å²) in [5.74, 6) is -0.530. The number of rotatable bonds is 3. The molecule has 0 bridgehead atoms. The van der Waals surface area contributed by atoms with Crippen molar-refractivity contribution in [1.82, 2.24) is 0 Å². The van der Waals surface area contributed by atoms with Crippen molar-refractivity contribution in [3.8, 4) is 0 Å². The number of amides is 1. The number of carbonyl (C=O) groups excluding carboxylic acids is 1.